The van der Waals surface area contributed by atoms with Gasteiger partial charge in [0.05, 0.1) is 17.4 Å². The second-order valence-electron chi connectivity index (χ2n) is 6.87. The lowest BCUT2D eigenvalue weighted by molar-refractivity contribution is 0.175. The van der Waals surface area contributed by atoms with E-state index in [0.717, 1.165) is 66.2 Å². The number of carbonyl (C=O) groups excluding carboxylic acids is 1. The smallest absolute Gasteiger partial charge is 0.318 e. The minimum atomic E-state index is -0.0353. The number of carbonyl (C=O) groups is 1. The topological polar surface area (TPSA) is 87.1 Å². The minimum Gasteiger partial charge on any atom is -0.361 e. The van der Waals surface area contributed by atoms with Gasteiger partial charge in [0.15, 0.2) is 0 Å². The van der Waals surface area contributed by atoms with Crippen molar-refractivity contribution in [3.63, 3.8) is 0 Å². The summed E-state index contributed by atoms with van der Waals surface area (Å²) >= 11 is 0. The first kappa shape index (κ1) is 17.5. The molecular formula is C18H27N5O2. The summed E-state index contributed by atoms with van der Waals surface area (Å²) in [7, 11) is 0. The number of H-pyrrole nitrogens is 1. The molecule has 2 N–H and O–H groups in total. The van der Waals surface area contributed by atoms with E-state index in [-0.39, 0.29) is 12.1 Å². The van der Waals surface area contributed by atoms with E-state index in [9.17, 15) is 4.79 Å². The Morgan fingerprint density at radius 3 is 2.68 bits per heavy atom. The summed E-state index contributed by atoms with van der Waals surface area (Å²) in [5.41, 5.74) is 4.97. The Morgan fingerprint density at radius 1 is 1.24 bits per heavy atom. The van der Waals surface area contributed by atoms with Gasteiger partial charge in [0.25, 0.3) is 0 Å². The summed E-state index contributed by atoms with van der Waals surface area (Å²) in [6.45, 7) is 9.00. The zero-order chi connectivity index (χ0) is 18.0. The van der Waals surface area contributed by atoms with Gasteiger partial charge < -0.3 is 14.7 Å². The van der Waals surface area contributed by atoms with Crippen molar-refractivity contribution in [1.82, 2.24) is 25.6 Å². The van der Waals surface area contributed by atoms with Crippen molar-refractivity contribution in [1.29, 1.82) is 0 Å². The average Bonchev–Trinajstić information content (AvgIpc) is 2.97. The molecule has 0 unspecified atom stereocenters. The molecule has 25 heavy (non-hydrogen) atoms. The van der Waals surface area contributed by atoms with Crippen molar-refractivity contribution in [3.05, 3.63) is 34.0 Å². The number of hydrogen-bond acceptors (Lipinski definition) is 4. The van der Waals surface area contributed by atoms with Crippen LogP contribution in [0.25, 0.3) is 0 Å². The minimum absolute atomic E-state index is 0.0353. The molecule has 3 rings (SSSR count). The van der Waals surface area contributed by atoms with Crippen LogP contribution in [0.15, 0.2) is 4.52 Å². The van der Waals surface area contributed by atoms with Gasteiger partial charge in [-0.15, -0.1) is 0 Å². The number of rotatable bonds is 3. The molecular weight excluding hydrogens is 318 g/mol. The normalized spacial score (nSPS) is 18.2. The van der Waals surface area contributed by atoms with Crippen molar-refractivity contribution in [2.45, 2.75) is 66.0 Å². The first-order valence-corrected chi connectivity index (χ1v) is 8.96. The molecule has 2 aromatic heterocycles. The molecule has 7 nitrogen and oxygen atoms in total. The third-order valence-electron chi connectivity index (χ3n) is 5.13. The third kappa shape index (κ3) is 3.55. The van der Waals surface area contributed by atoms with Gasteiger partial charge >= 0.3 is 6.03 Å². The van der Waals surface area contributed by atoms with Crippen LogP contribution in [0.4, 0.5) is 4.79 Å². The van der Waals surface area contributed by atoms with Crippen molar-refractivity contribution >= 4 is 6.03 Å². The van der Waals surface area contributed by atoms with E-state index in [4.69, 9.17) is 4.52 Å². The lowest BCUT2D eigenvalue weighted by Gasteiger charge is -2.30. The second-order valence-corrected chi connectivity index (χ2v) is 6.87. The molecule has 2 amide bonds. The fraction of sp³-hybridized carbons (Fsp3) is 0.611. The first-order valence-electron chi connectivity index (χ1n) is 8.96. The molecule has 0 aromatic carbocycles. The number of aryl methyl sites for hydroxylation is 4. The molecule has 0 spiro atoms. The number of nitrogens with one attached hydrogen (secondary N) is 2. The van der Waals surface area contributed by atoms with E-state index >= 15 is 0 Å². The van der Waals surface area contributed by atoms with Gasteiger partial charge in [0.1, 0.15) is 5.76 Å². The number of likely N-dealkylation sites (tertiary alicyclic amines) is 1. The maximum atomic E-state index is 12.9. The Labute approximate surface area is 148 Å². The van der Waals surface area contributed by atoms with E-state index in [1.165, 1.54) is 0 Å². The fourth-order valence-electron chi connectivity index (χ4n) is 3.72. The number of amides is 2. The molecule has 0 bridgehead atoms. The number of nitrogens with zero attached hydrogens (tertiary/aromatic N) is 3. The van der Waals surface area contributed by atoms with Crippen LogP contribution in [-0.2, 0) is 6.54 Å². The van der Waals surface area contributed by atoms with Gasteiger partial charge in [-0.25, -0.2) is 4.79 Å². The van der Waals surface area contributed by atoms with Crippen LogP contribution in [0.1, 0.15) is 65.7 Å². The van der Waals surface area contributed by atoms with Crippen molar-refractivity contribution in [3.8, 4) is 0 Å². The zero-order valence-corrected chi connectivity index (χ0v) is 15.5. The Hall–Kier alpha value is -2.31. The fourth-order valence-corrected chi connectivity index (χ4v) is 3.72. The van der Waals surface area contributed by atoms with Crippen molar-refractivity contribution in [2.24, 2.45) is 0 Å². The summed E-state index contributed by atoms with van der Waals surface area (Å²) < 4.78 is 5.18. The zero-order valence-electron chi connectivity index (χ0n) is 15.5. The van der Waals surface area contributed by atoms with Gasteiger partial charge in [-0.2, -0.15) is 5.10 Å². The summed E-state index contributed by atoms with van der Waals surface area (Å²) in [6.07, 6.45) is 4.29. The van der Waals surface area contributed by atoms with Gasteiger partial charge in [0.2, 0.25) is 0 Å². The summed E-state index contributed by atoms with van der Waals surface area (Å²) in [5, 5.41) is 14.4. The van der Waals surface area contributed by atoms with E-state index in [1.54, 1.807) is 0 Å². The summed E-state index contributed by atoms with van der Waals surface area (Å²) in [4.78, 5) is 14.9. The lowest BCUT2D eigenvalue weighted by atomic mass is 9.99. The molecule has 0 saturated carbocycles. The van der Waals surface area contributed by atoms with Gasteiger partial charge in [-0.05, 0) is 40.5 Å². The largest absolute Gasteiger partial charge is 0.361 e. The van der Waals surface area contributed by atoms with Crippen LogP contribution in [0.3, 0.4) is 0 Å². The van der Waals surface area contributed by atoms with Crippen LogP contribution in [-0.4, -0.2) is 32.8 Å². The Balaban J connectivity index is 1.78. The van der Waals surface area contributed by atoms with Gasteiger partial charge in [-0.3, -0.25) is 5.10 Å². The molecule has 7 heteroatoms. The molecule has 0 aliphatic carbocycles. The Kier molecular flexibility index (Phi) is 5.11. The number of urea groups is 1. The highest BCUT2D eigenvalue weighted by Crippen LogP contribution is 2.33. The standard InChI is InChI=1S/C18H27N5O2/c1-11-15(14(4)25-22-11)10-19-18(24)23-9-7-5-6-8-16(23)17-12(2)20-21-13(17)3/h16H,5-10H2,1-4H3,(H,19,24)(H,20,21)/t16-/m1/s1. The Bertz CT molecular complexity index is 710. The van der Waals surface area contributed by atoms with Crippen LogP contribution in [0, 0.1) is 27.7 Å². The second kappa shape index (κ2) is 7.29. The van der Waals surface area contributed by atoms with Crippen LogP contribution in [0.5, 0.6) is 0 Å². The highest BCUT2D eigenvalue weighted by atomic mass is 16.5. The number of aromatic amines is 1. The van der Waals surface area contributed by atoms with E-state index < -0.39 is 0 Å². The maximum Gasteiger partial charge on any atom is 0.318 e. The quantitative estimate of drug-likeness (QED) is 0.892. The average molecular weight is 345 g/mol. The summed E-state index contributed by atoms with van der Waals surface area (Å²) in [6, 6.07) is 0.0396. The molecule has 2 aromatic rings. The van der Waals surface area contributed by atoms with Crippen molar-refractivity contribution in [2.75, 3.05) is 6.54 Å². The summed E-state index contributed by atoms with van der Waals surface area (Å²) in [5.74, 6) is 0.756. The van der Waals surface area contributed by atoms with Crippen LogP contribution >= 0.6 is 0 Å². The highest BCUT2D eigenvalue weighted by molar-refractivity contribution is 5.75. The molecule has 0 radical (unpaired) electrons. The monoisotopic (exact) mass is 345 g/mol. The molecule has 1 aliphatic rings. The molecule has 1 aliphatic heterocycles. The predicted molar refractivity (Wildman–Crippen MR) is 94.2 cm³/mol. The SMILES string of the molecule is Cc1noc(C)c1CNC(=O)N1CCCCC[C@@H]1c1c(C)n[nH]c1C. The predicted octanol–water partition coefficient (Wildman–Crippen LogP) is 3.46. The van der Waals surface area contributed by atoms with Crippen LogP contribution < -0.4 is 5.32 Å². The van der Waals surface area contributed by atoms with E-state index in [2.05, 4.69) is 20.7 Å². The Morgan fingerprint density at radius 2 is 2.04 bits per heavy atom. The lowest BCUT2D eigenvalue weighted by Crippen LogP contribution is -2.42. The number of hydrogen-bond donors (Lipinski definition) is 2. The first-order chi connectivity index (χ1) is 12.0. The van der Waals surface area contributed by atoms with Gasteiger partial charge in [-0.1, -0.05) is 18.0 Å². The van der Waals surface area contributed by atoms with Crippen LogP contribution in [0.2, 0.25) is 0 Å². The van der Waals surface area contributed by atoms with E-state index in [1.807, 2.05) is 32.6 Å². The molecule has 1 fully saturated rings. The molecule has 136 valence electrons. The third-order valence-corrected chi connectivity index (χ3v) is 5.13. The highest BCUT2D eigenvalue weighted by Gasteiger charge is 2.30. The molecule has 3 heterocycles. The maximum absolute atomic E-state index is 12.9. The number of aromatic nitrogens is 3. The van der Waals surface area contributed by atoms with Crippen molar-refractivity contribution < 1.29 is 9.32 Å². The van der Waals surface area contributed by atoms with Gasteiger partial charge in [0, 0.05) is 29.9 Å². The molecule has 1 atom stereocenters. The van der Waals surface area contributed by atoms with E-state index in [0.29, 0.717) is 6.54 Å². The molecule has 1 saturated heterocycles.